The number of ether oxygens (including phenoxy) is 2. The van der Waals surface area contributed by atoms with Crippen LogP contribution in [0.2, 0.25) is 0 Å². The Balaban J connectivity index is 1.60. The Morgan fingerprint density at radius 1 is 0.938 bits per heavy atom. The molecule has 0 spiro atoms. The van der Waals surface area contributed by atoms with E-state index in [1.54, 1.807) is 25.9 Å². The van der Waals surface area contributed by atoms with Crippen molar-refractivity contribution in [3.8, 4) is 22.6 Å². The zero-order chi connectivity index (χ0) is 22.5. The van der Waals surface area contributed by atoms with Crippen molar-refractivity contribution in [2.75, 3.05) is 32.6 Å². The van der Waals surface area contributed by atoms with Crippen molar-refractivity contribution in [3.05, 3.63) is 66.5 Å². The summed E-state index contributed by atoms with van der Waals surface area (Å²) in [7, 11) is 5.05. The highest BCUT2D eigenvalue weighted by Gasteiger charge is 2.16. The zero-order valence-corrected chi connectivity index (χ0v) is 18.3. The van der Waals surface area contributed by atoms with Crippen LogP contribution >= 0.6 is 0 Å². The summed E-state index contributed by atoms with van der Waals surface area (Å²) in [4.78, 5) is 17.0. The SMILES string of the molecule is COc1cccc(-c2cccc3c(C(=O)NCCNc4ncnn4C)cccc23)c1OC. The molecular formula is C24H25N5O3. The van der Waals surface area contributed by atoms with E-state index in [0.717, 1.165) is 21.9 Å². The lowest BCUT2D eigenvalue weighted by Crippen LogP contribution is -2.29. The van der Waals surface area contributed by atoms with Crippen molar-refractivity contribution in [3.63, 3.8) is 0 Å². The smallest absolute Gasteiger partial charge is 0.251 e. The third kappa shape index (κ3) is 4.07. The molecule has 1 aromatic heterocycles. The fourth-order valence-electron chi connectivity index (χ4n) is 3.74. The predicted octanol–water partition coefficient (Wildman–Crippen LogP) is 3.49. The Morgan fingerprint density at radius 3 is 2.44 bits per heavy atom. The molecule has 0 unspecified atom stereocenters. The van der Waals surface area contributed by atoms with Gasteiger partial charge >= 0.3 is 0 Å². The van der Waals surface area contributed by atoms with Crippen LogP contribution in [0.5, 0.6) is 11.5 Å². The van der Waals surface area contributed by atoms with Gasteiger partial charge in [0.15, 0.2) is 11.5 Å². The van der Waals surface area contributed by atoms with Crippen LogP contribution in [-0.4, -0.2) is 48.0 Å². The van der Waals surface area contributed by atoms with E-state index < -0.39 is 0 Å². The molecule has 4 aromatic rings. The van der Waals surface area contributed by atoms with Crippen molar-refractivity contribution in [2.24, 2.45) is 7.05 Å². The normalized spacial score (nSPS) is 10.7. The summed E-state index contributed by atoms with van der Waals surface area (Å²) >= 11 is 0. The number of hydrogen-bond acceptors (Lipinski definition) is 6. The van der Waals surface area contributed by atoms with Gasteiger partial charge in [-0.2, -0.15) is 10.1 Å². The molecule has 2 N–H and O–H groups in total. The van der Waals surface area contributed by atoms with Crippen LogP contribution in [0.4, 0.5) is 5.95 Å². The number of rotatable bonds is 8. The van der Waals surface area contributed by atoms with E-state index >= 15 is 0 Å². The van der Waals surface area contributed by atoms with Crippen LogP contribution in [-0.2, 0) is 7.05 Å². The van der Waals surface area contributed by atoms with E-state index in [2.05, 4.69) is 20.7 Å². The van der Waals surface area contributed by atoms with Crippen LogP contribution < -0.4 is 20.1 Å². The van der Waals surface area contributed by atoms with Gasteiger partial charge in [0.25, 0.3) is 5.91 Å². The monoisotopic (exact) mass is 431 g/mol. The molecule has 8 heteroatoms. The number of aryl methyl sites for hydroxylation is 1. The second kappa shape index (κ2) is 9.38. The highest BCUT2D eigenvalue weighted by atomic mass is 16.5. The van der Waals surface area contributed by atoms with Crippen LogP contribution in [0.1, 0.15) is 10.4 Å². The van der Waals surface area contributed by atoms with Gasteiger partial charge in [-0.15, -0.1) is 0 Å². The third-order valence-corrected chi connectivity index (χ3v) is 5.26. The minimum absolute atomic E-state index is 0.134. The van der Waals surface area contributed by atoms with Crippen LogP contribution in [0.15, 0.2) is 60.9 Å². The van der Waals surface area contributed by atoms with Gasteiger partial charge in [0.05, 0.1) is 14.2 Å². The standard InChI is InChI=1S/C24H25N5O3/c1-29-24(27-15-28-29)26-14-13-25-23(30)20-11-5-7-16-17(8-4-9-18(16)20)19-10-6-12-21(31-2)22(19)32-3/h4-12,15H,13-14H2,1-3H3,(H,25,30)(H,26,27,28). The molecule has 4 rings (SSSR count). The average molecular weight is 431 g/mol. The molecule has 0 radical (unpaired) electrons. The van der Waals surface area contributed by atoms with Gasteiger partial charge in [0.1, 0.15) is 6.33 Å². The summed E-state index contributed by atoms with van der Waals surface area (Å²) in [6.45, 7) is 0.987. The molecule has 1 heterocycles. The molecule has 1 amide bonds. The van der Waals surface area contributed by atoms with Crippen LogP contribution in [0.25, 0.3) is 21.9 Å². The first kappa shape index (κ1) is 21.2. The minimum Gasteiger partial charge on any atom is -0.493 e. The van der Waals surface area contributed by atoms with E-state index in [4.69, 9.17) is 9.47 Å². The average Bonchev–Trinajstić information content (AvgIpc) is 3.24. The number of benzene rings is 3. The number of nitrogens with one attached hydrogen (secondary N) is 2. The Kier molecular flexibility index (Phi) is 6.21. The number of nitrogens with zero attached hydrogens (tertiary/aromatic N) is 3. The lowest BCUT2D eigenvalue weighted by atomic mass is 9.94. The summed E-state index contributed by atoms with van der Waals surface area (Å²) in [5, 5.41) is 11.9. The maximum Gasteiger partial charge on any atom is 0.251 e. The fraction of sp³-hybridized carbons (Fsp3) is 0.208. The minimum atomic E-state index is -0.134. The highest BCUT2D eigenvalue weighted by molar-refractivity contribution is 6.10. The molecule has 0 bridgehead atoms. The number of para-hydroxylation sites is 1. The Labute approximate surface area is 186 Å². The molecule has 164 valence electrons. The number of hydrogen-bond donors (Lipinski definition) is 2. The first-order valence-electron chi connectivity index (χ1n) is 10.2. The first-order valence-corrected chi connectivity index (χ1v) is 10.2. The van der Waals surface area contributed by atoms with E-state index in [-0.39, 0.29) is 5.91 Å². The number of methoxy groups -OCH3 is 2. The van der Waals surface area contributed by atoms with Crippen molar-refractivity contribution in [1.82, 2.24) is 20.1 Å². The van der Waals surface area contributed by atoms with Gasteiger partial charge in [-0.05, 0) is 28.5 Å². The van der Waals surface area contributed by atoms with Gasteiger partial charge in [0.2, 0.25) is 5.95 Å². The van der Waals surface area contributed by atoms with Crippen molar-refractivity contribution in [2.45, 2.75) is 0 Å². The van der Waals surface area contributed by atoms with Crippen molar-refractivity contribution >= 4 is 22.6 Å². The number of carbonyl (C=O) groups is 1. The maximum atomic E-state index is 12.9. The van der Waals surface area contributed by atoms with Crippen LogP contribution in [0.3, 0.4) is 0 Å². The molecule has 0 saturated heterocycles. The number of aromatic nitrogens is 3. The molecule has 0 aliphatic rings. The molecule has 32 heavy (non-hydrogen) atoms. The van der Waals surface area contributed by atoms with Gasteiger partial charge in [0, 0.05) is 31.3 Å². The molecule has 0 aliphatic heterocycles. The molecule has 0 atom stereocenters. The van der Waals surface area contributed by atoms with Crippen molar-refractivity contribution < 1.29 is 14.3 Å². The summed E-state index contributed by atoms with van der Waals surface area (Å²) in [5.74, 6) is 1.84. The lowest BCUT2D eigenvalue weighted by molar-refractivity contribution is 0.0957. The van der Waals surface area contributed by atoms with Gasteiger partial charge in [-0.1, -0.05) is 42.5 Å². The van der Waals surface area contributed by atoms with E-state index in [9.17, 15) is 4.79 Å². The Morgan fingerprint density at radius 2 is 1.69 bits per heavy atom. The van der Waals surface area contributed by atoms with Crippen LogP contribution in [0, 0.1) is 0 Å². The van der Waals surface area contributed by atoms with Gasteiger partial charge < -0.3 is 20.1 Å². The molecule has 0 aliphatic carbocycles. The summed E-state index contributed by atoms with van der Waals surface area (Å²) < 4.78 is 12.7. The Hall–Kier alpha value is -4.07. The second-order valence-electron chi connectivity index (χ2n) is 7.14. The van der Waals surface area contributed by atoms with E-state index in [0.29, 0.717) is 36.1 Å². The number of anilines is 1. The van der Waals surface area contributed by atoms with Gasteiger partial charge in [-0.25, -0.2) is 4.68 Å². The number of carbonyl (C=O) groups excluding carboxylic acids is 1. The van der Waals surface area contributed by atoms with E-state index in [1.165, 1.54) is 6.33 Å². The molecular weight excluding hydrogens is 406 g/mol. The summed E-state index contributed by atoms with van der Waals surface area (Å²) in [6.07, 6.45) is 1.48. The summed E-state index contributed by atoms with van der Waals surface area (Å²) in [5.41, 5.74) is 2.49. The maximum absolute atomic E-state index is 12.9. The fourth-order valence-corrected chi connectivity index (χ4v) is 3.74. The predicted molar refractivity (Wildman–Crippen MR) is 124 cm³/mol. The largest absolute Gasteiger partial charge is 0.493 e. The Bertz CT molecular complexity index is 1250. The first-order chi connectivity index (χ1) is 15.6. The number of amides is 1. The molecule has 0 fully saturated rings. The second-order valence-corrected chi connectivity index (χ2v) is 7.14. The molecule has 0 saturated carbocycles. The number of fused-ring (bicyclic) bond motifs is 1. The van der Waals surface area contributed by atoms with E-state index in [1.807, 2.05) is 54.6 Å². The highest BCUT2D eigenvalue weighted by Crippen LogP contribution is 2.40. The third-order valence-electron chi connectivity index (χ3n) is 5.26. The lowest BCUT2D eigenvalue weighted by Gasteiger charge is -2.15. The van der Waals surface area contributed by atoms with Crippen molar-refractivity contribution in [1.29, 1.82) is 0 Å². The quantitative estimate of drug-likeness (QED) is 0.415. The molecule has 8 nitrogen and oxygen atoms in total. The zero-order valence-electron chi connectivity index (χ0n) is 18.3. The topological polar surface area (TPSA) is 90.3 Å². The summed E-state index contributed by atoms with van der Waals surface area (Å²) in [6, 6.07) is 17.4. The van der Waals surface area contributed by atoms with Gasteiger partial charge in [-0.3, -0.25) is 4.79 Å². The molecule has 3 aromatic carbocycles.